The van der Waals surface area contributed by atoms with Crippen molar-refractivity contribution in [1.29, 1.82) is 0 Å². The molecule has 7 heteroatoms. The van der Waals surface area contributed by atoms with Gasteiger partial charge in [0.2, 0.25) is 5.91 Å². The van der Waals surface area contributed by atoms with E-state index in [0.29, 0.717) is 25.8 Å². The number of rotatable bonds is 9. The average Bonchev–Trinajstić information content (AvgIpc) is 3.00. The molecule has 0 unspecified atom stereocenters. The SMILES string of the molecule is O=C(CCCNC(=O)OCC1c2ccccc2-c2ccccc21)NCC1(C(=O)O)CCCCCC1. The summed E-state index contributed by atoms with van der Waals surface area (Å²) >= 11 is 0. The van der Waals surface area contributed by atoms with Crippen LogP contribution >= 0.6 is 0 Å². The Balaban J connectivity index is 1.18. The standard InChI is InChI=1S/C28H34N2O5/c31-25(30-19-28(26(32)33)15-7-1-2-8-16-28)14-9-17-29-27(34)35-18-24-22-12-5-3-10-20(22)21-11-4-6-13-23(21)24/h3-6,10-13,24H,1-2,7-9,14-19H2,(H,29,34)(H,30,31)(H,32,33). The van der Waals surface area contributed by atoms with Crippen molar-refractivity contribution in [1.82, 2.24) is 10.6 Å². The Morgan fingerprint density at radius 2 is 1.49 bits per heavy atom. The number of nitrogens with one attached hydrogen (secondary N) is 2. The predicted molar refractivity (Wildman–Crippen MR) is 133 cm³/mol. The number of hydrogen-bond donors (Lipinski definition) is 3. The number of carboxylic acid groups (broad SMARTS) is 1. The lowest BCUT2D eigenvalue weighted by atomic mass is 9.80. The molecule has 0 atom stereocenters. The van der Waals surface area contributed by atoms with Gasteiger partial charge in [0.1, 0.15) is 6.61 Å². The highest BCUT2D eigenvalue weighted by atomic mass is 16.5. The summed E-state index contributed by atoms with van der Waals surface area (Å²) in [6.45, 7) is 0.729. The average molecular weight is 479 g/mol. The molecule has 2 amide bonds. The fourth-order valence-electron chi connectivity index (χ4n) is 5.32. The minimum absolute atomic E-state index is 0.00414. The molecular weight excluding hydrogens is 444 g/mol. The van der Waals surface area contributed by atoms with E-state index in [4.69, 9.17) is 4.74 Å². The lowest BCUT2D eigenvalue weighted by Gasteiger charge is -2.28. The van der Waals surface area contributed by atoms with E-state index in [1.165, 1.54) is 11.1 Å². The number of benzene rings is 2. The molecule has 0 aromatic heterocycles. The maximum atomic E-state index is 12.3. The normalized spacial score (nSPS) is 16.5. The Bertz CT molecular complexity index is 1010. The highest BCUT2D eigenvalue weighted by Crippen LogP contribution is 2.44. The zero-order chi connectivity index (χ0) is 24.7. The van der Waals surface area contributed by atoms with Gasteiger partial charge < -0.3 is 20.5 Å². The van der Waals surface area contributed by atoms with E-state index >= 15 is 0 Å². The van der Waals surface area contributed by atoms with E-state index in [1.807, 2.05) is 24.3 Å². The minimum atomic E-state index is -0.855. The van der Waals surface area contributed by atoms with Crippen molar-refractivity contribution in [3.8, 4) is 11.1 Å². The molecule has 0 spiro atoms. The molecule has 1 fully saturated rings. The van der Waals surface area contributed by atoms with Crippen molar-refractivity contribution in [3.05, 3.63) is 59.7 Å². The van der Waals surface area contributed by atoms with Crippen molar-refractivity contribution in [2.45, 2.75) is 57.3 Å². The molecular formula is C28H34N2O5. The molecule has 1 saturated carbocycles. The smallest absolute Gasteiger partial charge is 0.407 e. The summed E-state index contributed by atoms with van der Waals surface area (Å²) in [6.07, 6.45) is 5.23. The number of carbonyl (C=O) groups excluding carboxylic acids is 2. The number of alkyl carbamates (subject to hydrolysis) is 1. The number of carboxylic acids is 1. The summed E-state index contributed by atoms with van der Waals surface area (Å²) in [7, 11) is 0. The van der Waals surface area contributed by atoms with Gasteiger partial charge in [0.05, 0.1) is 5.41 Å². The van der Waals surface area contributed by atoms with Crippen LogP contribution in [0.1, 0.15) is 68.4 Å². The fraction of sp³-hybridized carbons (Fsp3) is 0.464. The third kappa shape index (κ3) is 5.84. The molecule has 2 aliphatic carbocycles. The van der Waals surface area contributed by atoms with Gasteiger partial charge in [-0.2, -0.15) is 0 Å². The molecule has 2 aromatic carbocycles. The first kappa shape index (κ1) is 24.8. The second kappa shape index (κ2) is 11.4. The Hall–Kier alpha value is -3.35. The second-order valence-electron chi connectivity index (χ2n) is 9.63. The summed E-state index contributed by atoms with van der Waals surface area (Å²) < 4.78 is 5.51. The van der Waals surface area contributed by atoms with Crippen LogP contribution in [0, 0.1) is 5.41 Å². The molecule has 4 rings (SSSR count). The molecule has 7 nitrogen and oxygen atoms in total. The van der Waals surface area contributed by atoms with Gasteiger partial charge in [-0.25, -0.2) is 4.79 Å². The summed E-state index contributed by atoms with van der Waals surface area (Å²) in [4.78, 5) is 36.4. The van der Waals surface area contributed by atoms with Crippen LogP contribution in [-0.4, -0.2) is 42.8 Å². The third-order valence-electron chi connectivity index (χ3n) is 7.33. The van der Waals surface area contributed by atoms with Crippen molar-refractivity contribution in [2.24, 2.45) is 5.41 Å². The number of carbonyl (C=O) groups is 3. The zero-order valence-electron chi connectivity index (χ0n) is 20.1. The van der Waals surface area contributed by atoms with Crippen LogP contribution in [0.3, 0.4) is 0 Å². The van der Waals surface area contributed by atoms with Crippen LogP contribution in [0.25, 0.3) is 11.1 Å². The number of ether oxygens (including phenoxy) is 1. The number of aliphatic carboxylic acids is 1. The summed E-state index contributed by atoms with van der Waals surface area (Å²) in [5.41, 5.74) is 3.82. The molecule has 186 valence electrons. The quantitative estimate of drug-likeness (QED) is 0.353. The highest BCUT2D eigenvalue weighted by Gasteiger charge is 2.38. The maximum absolute atomic E-state index is 12.3. The fourth-order valence-corrected chi connectivity index (χ4v) is 5.32. The number of hydrogen-bond acceptors (Lipinski definition) is 4. The first-order valence-electron chi connectivity index (χ1n) is 12.6. The van der Waals surface area contributed by atoms with Gasteiger partial charge >= 0.3 is 12.1 Å². The molecule has 0 radical (unpaired) electrons. The zero-order valence-corrected chi connectivity index (χ0v) is 20.1. The van der Waals surface area contributed by atoms with Crippen LogP contribution in [0.4, 0.5) is 4.79 Å². The third-order valence-corrected chi connectivity index (χ3v) is 7.33. The first-order chi connectivity index (χ1) is 17.0. The highest BCUT2D eigenvalue weighted by molar-refractivity contribution is 5.80. The van der Waals surface area contributed by atoms with E-state index in [0.717, 1.165) is 36.8 Å². The molecule has 0 aliphatic heterocycles. The maximum Gasteiger partial charge on any atom is 0.407 e. The van der Waals surface area contributed by atoms with Gasteiger partial charge in [0, 0.05) is 25.4 Å². The van der Waals surface area contributed by atoms with Crippen LogP contribution in [-0.2, 0) is 14.3 Å². The van der Waals surface area contributed by atoms with Crippen LogP contribution in [0.5, 0.6) is 0 Å². The summed E-state index contributed by atoms with van der Waals surface area (Å²) in [6, 6.07) is 16.3. The van der Waals surface area contributed by atoms with Crippen molar-refractivity contribution >= 4 is 18.0 Å². The number of fused-ring (bicyclic) bond motifs is 3. The van der Waals surface area contributed by atoms with Crippen LogP contribution < -0.4 is 10.6 Å². The molecule has 0 saturated heterocycles. The lowest BCUT2D eigenvalue weighted by Crippen LogP contribution is -2.43. The number of amides is 2. The predicted octanol–water partition coefficient (Wildman–Crippen LogP) is 4.85. The second-order valence-corrected chi connectivity index (χ2v) is 9.63. The van der Waals surface area contributed by atoms with E-state index in [1.54, 1.807) is 0 Å². The molecule has 35 heavy (non-hydrogen) atoms. The summed E-state index contributed by atoms with van der Waals surface area (Å²) in [5, 5.41) is 15.2. The largest absolute Gasteiger partial charge is 0.481 e. The molecule has 2 aromatic rings. The Morgan fingerprint density at radius 1 is 0.886 bits per heavy atom. The van der Waals surface area contributed by atoms with Gasteiger partial charge in [-0.05, 0) is 41.5 Å². The van der Waals surface area contributed by atoms with Gasteiger partial charge in [-0.15, -0.1) is 0 Å². The Kier molecular flexibility index (Phi) is 8.06. The summed E-state index contributed by atoms with van der Waals surface area (Å²) in [5.74, 6) is -1.01. The first-order valence-corrected chi connectivity index (χ1v) is 12.6. The Morgan fingerprint density at radius 3 is 2.09 bits per heavy atom. The van der Waals surface area contributed by atoms with Crippen molar-refractivity contribution < 1.29 is 24.2 Å². The van der Waals surface area contributed by atoms with Crippen LogP contribution in [0.15, 0.2) is 48.5 Å². The van der Waals surface area contributed by atoms with Gasteiger partial charge in [0.25, 0.3) is 0 Å². The van der Waals surface area contributed by atoms with Gasteiger partial charge in [0.15, 0.2) is 0 Å². The molecule has 0 bridgehead atoms. The Labute approximate surface area is 206 Å². The molecule has 2 aliphatic rings. The minimum Gasteiger partial charge on any atom is -0.481 e. The van der Waals surface area contributed by atoms with E-state index in [-0.39, 0.29) is 31.4 Å². The van der Waals surface area contributed by atoms with E-state index < -0.39 is 17.5 Å². The van der Waals surface area contributed by atoms with Gasteiger partial charge in [-0.3, -0.25) is 9.59 Å². The van der Waals surface area contributed by atoms with Gasteiger partial charge in [-0.1, -0.05) is 74.2 Å². The molecule has 0 heterocycles. The molecule has 3 N–H and O–H groups in total. The topological polar surface area (TPSA) is 105 Å². The lowest BCUT2D eigenvalue weighted by molar-refractivity contribution is -0.149. The van der Waals surface area contributed by atoms with Crippen molar-refractivity contribution in [3.63, 3.8) is 0 Å². The van der Waals surface area contributed by atoms with E-state index in [9.17, 15) is 19.5 Å². The van der Waals surface area contributed by atoms with Crippen LogP contribution in [0.2, 0.25) is 0 Å². The van der Waals surface area contributed by atoms with E-state index in [2.05, 4.69) is 34.9 Å². The van der Waals surface area contributed by atoms with Crippen molar-refractivity contribution in [2.75, 3.05) is 19.7 Å². The monoisotopic (exact) mass is 478 g/mol.